The van der Waals surface area contributed by atoms with E-state index in [-0.39, 0.29) is 11.5 Å². The molecule has 3 nitrogen and oxygen atoms in total. The van der Waals surface area contributed by atoms with Crippen LogP contribution >= 0.6 is 11.3 Å². The molecule has 0 saturated heterocycles. The second-order valence-electron chi connectivity index (χ2n) is 3.50. The Morgan fingerprint density at radius 2 is 2.00 bits per heavy atom. The van der Waals surface area contributed by atoms with E-state index < -0.39 is 0 Å². The van der Waals surface area contributed by atoms with Crippen molar-refractivity contribution in [2.24, 2.45) is 0 Å². The predicted octanol–water partition coefficient (Wildman–Crippen LogP) is 3.17. The molecule has 0 spiro atoms. The number of nitrogens with zero attached hydrogens (tertiary/aromatic N) is 1. The summed E-state index contributed by atoms with van der Waals surface area (Å²) in [4.78, 5) is 15.7. The standard InChI is InChI=1S/C12H11NO2S/c1-7(14)11(8(2)15)12-13-9-5-3-4-6-10(9)16-12/h3-6,14H,1-2H3/b11-7+. The molecule has 0 amide bonds. The number of benzene rings is 1. The van der Waals surface area contributed by atoms with E-state index in [1.54, 1.807) is 0 Å². The minimum Gasteiger partial charge on any atom is -0.512 e. The van der Waals surface area contributed by atoms with Crippen molar-refractivity contribution in [1.82, 2.24) is 4.98 Å². The number of carbonyl (C=O) groups is 1. The average molecular weight is 233 g/mol. The summed E-state index contributed by atoms with van der Waals surface area (Å²) >= 11 is 1.41. The first-order valence-electron chi connectivity index (χ1n) is 4.86. The maximum Gasteiger partial charge on any atom is 0.166 e. The molecule has 1 N–H and O–H groups in total. The van der Waals surface area contributed by atoms with E-state index in [4.69, 9.17) is 0 Å². The molecular formula is C12H11NO2S. The van der Waals surface area contributed by atoms with Crippen molar-refractivity contribution >= 4 is 32.9 Å². The molecule has 16 heavy (non-hydrogen) atoms. The zero-order valence-electron chi connectivity index (χ0n) is 9.02. The second-order valence-corrected chi connectivity index (χ2v) is 4.53. The first kappa shape index (κ1) is 10.8. The molecule has 0 fully saturated rings. The van der Waals surface area contributed by atoms with Gasteiger partial charge in [0.05, 0.1) is 15.8 Å². The molecule has 0 radical (unpaired) electrons. The van der Waals surface area contributed by atoms with E-state index in [9.17, 15) is 9.90 Å². The van der Waals surface area contributed by atoms with Gasteiger partial charge in [0.2, 0.25) is 0 Å². The Morgan fingerprint density at radius 3 is 2.56 bits per heavy atom. The van der Waals surface area contributed by atoms with Gasteiger partial charge >= 0.3 is 0 Å². The second kappa shape index (κ2) is 4.06. The number of Topliss-reactive ketones (excluding diaryl/α,β-unsaturated/α-hetero) is 1. The number of ketones is 1. The fourth-order valence-corrected chi connectivity index (χ4v) is 2.65. The average Bonchev–Trinajstić information content (AvgIpc) is 2.58. The molecular weight excluding hydrogens is 222 g/mol. The van der Waals surface area contributed by atoms with E-state index in [2.05, 4.69) is 4.98 Å². The topological polar surface area (TPSA) is 50.2 Å². The van der Waals surface area contributed by atoms with E-state index in [1.165, 1.54) is 25.2 Å². The first-order chi connectivity index (χ1) is 7.59. The van der Waals surface area contributed by atoms with Crippen molar-refractivity contribution in [3.05, 3.63) is 35.0 Å². The highest BCUT2D eigenvalue weighted by Crippen LogP contribution is 2.28. The lowest BCUT2D eigenvalue weighted by Gasteiger charge is -1.99. The molecule has 1 aromatic heterocycles. The maximum absolute atomic E-state index is 11.4. The number of aromatic nitrogens is 1. The highest BCUT2D eigenvalue weighted by molar-refractivity contribution is 7.19. The van der Waals surface area contributed by atoms with Crippen LogP contribution in [0.4, 0.5) is 0 Å². The summed E-state index contributed by atoms with van der Waals surface area (Å²) in [5, 5.41) is 10.1. The monoisotopic (exact) mass is 233 g/mol. The van der Waals surface area contributed by atoms with Crippen LogP contribution in [0.2, 0.25) is 0 Å². The highest BCUT2D eigenvalue weighted by atomic mass is 32.1. The van der Waals surface area contributed by atoms with Crippen LogP contribution in [0.25, 0.3) is 15.8 Å². The van der Waals surface area contributed by atoms with Gasteiger partial charge < -0.3 is 5.11 Å². The highest BCUT2D eigenvalue weighted by Gasteiger charge is 2.15. The number of fused-ring (bicyclic) bond motifs is 1. The van der Waals surface area contributed by atoms with E-state index in [1.807, 2.05) is 24.3 Å². The SMILES string of the molecule is CC(=O)/C(=C(/C)O)c1nc2ccccc2s1. The van der Waals surface area contributed by atoms with Gasteiger partial charge in [0.1, 0.15) is 10.8 Å². The Morgan fingerprint density at radius 1 is 1.31 bits per heavy atom. The lowest BCUT2D eigenvalue weighted by atomic mass is 10.2. The first-order valence-corrected chi connectivity index (χ1v) is 5.68. The van der Waals surface area contributed by atoms with Gasteiger partial charge in [-0.3, -0.25) is 4.79 Å². The van der Waals surface area contributed by atoms with E-state index in [0.29, 0.717) is 10.6 Å². The normalized spacial score (nSPS) is 12.6. The lowest BCUT2D eigenvalue weighted by Crippen LogP contribution is -1.98. The fraction of sp³-hybridized carbons (Fsp3) is 0.167. The molecule has 0 aliphatic heterocycles. The van der Waals surface area contributed by atoms with Gasteiger partial charge in [0.15, 0.2) is 5.78 Å². The summed E-state index contributed by atoms with van der Waals surface area (Å²) in [6.07, 6.45) is 0. The van der Waals surface area contributed by atoms with Crippen molar-refractivity contribution in [2.45, 2.75) is 13.8 Å². The number of allylic oxidation sites excluding steroid dienone is 2. The van der Waals surface area contributed by atoms with Gasteiger partial charge in [0.25, 0.3) is 0 Å². The van der Waals surface area contributed by atoms with Gasteiger partial charge in [-0.1, -0.05) is 12.1 Å². The molecule has 1 heterocycles. The molecule has 0 aliphatic carbocycles. The summed E-state index contributed by atoms with van der Waals surface area (Å²) in [5.74, 6) is -0.148. The van der Waals surface area contributed by atoms with Crippen LogP contribution in [0.1, 0.15) is 18.9 Å². The van der Waals surface area contributed by atoms with Crippen LogP contribution in [0, 0.1) is 0 Å². The van der Waals surface area contributed by atoms with Crippen molar-refractivity contribution in [3.8, 4) is 0 Å². The molecule has 0 unspecified atom stereocenters. The zero-order valence-corrected chi connectivity index (χ0v) is 9.84. The van der Waals surface area contributed by atoms with Gasteiger partial charge in [-0.05, 0) is 26.0 Å². The third kappa shape index (κ3) is 1.84. The smallest absolute Gasteiger partial charge is 0.166 e. The fourth-order valence-electron chi connectivity index (χ4n) is 1.54. The number of para-hydroxylation sites is 1. The van der Waals surface area contributed by atoms with Crippen LogP contribution in [0.3, 0.4) is 0 Å². The van der Waals surface area contributed by atoms with Crippen molar-refractivity contribution in [3.63, 3.8) is 0 Å². The molecule has 0 saturated carbocycles. The Balaban J connectivity index is 2.63. The quantitative estimate of drug-likeness (QED) is 0.640. The zero-order chi connectivity index (χ0) is 11.7. The number of aliphatic hydroxyl groups excluding tert-OH is 1. The van der Waals surface area contributed by atoms with Crippen molar-refractivity contribution < 1.29 is 9.90 Å². The molecule has 2 rings (SSSR count). The summed E-state index contributed by atoms with van der Waals surface area (Å²) in [7, 11) is 0. The number of aliphatic hydroxyl groups is 1. The Labute approximate surface area is 97.1 Å². The number of thiazole rings is 1. The molecule has 0 bridgehead atoms. The van der Waals surface area contributed by atoms with Crippen LogP contribution in [0.15, 0.2) is 30.0 Å². The Kier molecular flexibility index (Phi) is 2.75. The van der Waals surface area contributed by atoms with Crippen molar-refractivity contribution in [2.75, 3.05) is 0 Å². The molecule has 82 valence electrons. The van der Waals surface area contributed by atoms with Gasteiger partial charge in [-0.15, -0.1) is 11.3 Å². The predicted molar refractivity (Wildman–Crippen MR) is 65.5 cm³/mol. The molecule has 0 aliphatic rings. The molecule has 1 aromatic carbocycles. The number of hydrogen-bond donors (Lipinski definition) is 1. The number of hydrogen-bond acceptors (Lipinski definition) is 4. The van der Waals surface area contributed by atoms with Crippen LogP contribution in [0.5, 0.6) is 0 Å². The molecule has 0 atom stereocenters. The number of rotatable bonds is 2. The molecule has 2 aromatic rings. The lowest BCUT2D eigenvalue weighted by molar-refractivity contribution is -0.111. The van der Waals surface area contributed by atoms with Crippen LogP contribution in [-0.4, -0.2) is 15.9 Å². The third-order valence-electron chi connectivity index (χ3n) is 2.22. The number of carbonyl (C=O) groups excluding carboxylic acids is 1. The largest absolute Gasteiger partial charge is 0.512 e. The summed E-state index contributed by atoms with van der Waals surface area (Å²) in [6.45, 7) is 2.93. The third-order valence-corrected chi connectivity index (χ3v) is 3.28. The van der Waals surface area contributed by atoms with Gasteiger partial charge in [-0.25, -0.2) is 4.98 Å². The minimum absolute atomic E-state index is 0.0200. The van der Waals surface area contributed by atoms with E-state index >= 15 is 0 Å². The minimum atomic E-state index is -0.168. The Bertz CT molecular complexity index is 546. The van der Waals surface area contributed by atoms with Crippen LogP contribution < -0.4 is 0 Å². The maximum atomic E-state index is 11.4. The van der Waals surface area contributed by atoms with Gasteiger partial charge in [-0.2, -0.15) is 0 Å². The summed E-state index contributed by atoms with van der Waals surface area (Å²) in [6, 6.07) is 7.66. The molecule has 4 heteroatoms. The summed E-state index contributed by atoms with van der Waals surface area (Å²) in [5.41, 5.74) is 1.16. The van der Waals surface area contributed by atoms with Gasteiger partial charge in [0, 0.05) is 0 Å². The Hall–Kier alpha value is -1.68. The van der Waals surface area contributed by atoms with Crippen molar-refractivity contribution in [1.29, 1.82) is 0 Å². The summed E-state index contributed by atoms with van der Waals surface area (Å²) < 4.78 is 1.01. The van der Waals surface area contributed by atoms with Crippen LogP contribution in [-0.2, 0) is 4.79 Å². The van der Waals surface area contributed by atoms with E-state index in [0.717, 1.165) is 10.2 Å².